The lowest BCUT2D eigenvalue weighted by molar-refractivity contribution is -0.174. The Morgan fingerprint density at radius 1 is 1.53 bits per heavy atom. The number of pyridine rings is 1. The summed E-state index contributed by atoms with van der Waals surface area (Å²) in [5.41, 5.74) is 5.47. The van der Waals surface area contributed by atoms with Crippen molar-refractivity contribution in [1.82, 2.24) is 10.0 Å². The summed E-state index contributed by atoms with van der Waals surface area (Å²) < 4.78 is 0. The number of carbonyl (C=O) groups excluding carboxylic acids is 1. The van der Waals surface area contributed by atoms with Crippen LogP contribution in [0.2, 0.25) is 0 Å². The average molecular weight is 282 g/mol. The maximum absolute atomic E-state index is 11.8. The van der Waals surface area contributed by atoms with Crippen molar-refractivity contribution in [3.63, 3.8) is 0 Å². The van der Waals surface area contributed by atoms with E-state index in [2.05, 4.69) is 4.98 Å². The van der Waals surface area contributed by atoms with Crippen molar-refractivity contribution in [3.8, 4) is 0 Å². The van der Waals surface area contributed by atoms with Crippen molar-refractivity contribution in [2.75, 3.05) is 14.2 Å². The number of halogens is 2. The Morgan fingerprint density at radius 2 is 2.12 bits per heavy atom. The van der Waals surface area contributed by atoms with E-state index in [4.69, 9.17) is 10.6 Å². The third-order valence-corrected chi connectivity index (χ3v) is 2.27. The van der Waals surface area contributed by atoms with E-state index in [1.54, 1.807) is 31.5 Å². The van der Waals surface area contributed by atoms with Crippen LogP contribution in [0, 0.1) is 0 Å². The number of amides is 1. The van der Waals surface area contributed by atoms with Crippen LogP contribution >= 0.6 is 24.8 Å². The zero-order chi connectivity index (χ0) is 11.5. The molecule has 17 heavy (non-hydrogen) atoms. The second kappa shape index (κ2) is 7.45. The lowest BCUT2D eigenvalue weighted by Gasteiger charge is -2.27. The first-order valence-electron chi connectivity index (χ1n) is 4.51. The second-order valence-electron chi connectivity index (χ2n) is 3.43. The molecule has 0 aromatic carbocycles. The van der Waals surface area contributed by atoms with Crippen molar-refractivity contribution >= 4 is 30.7 Å². The van der Waals surface area contributed by atoms with Crippen LogP contribution in [0.25, 0.3) is 0 Å². The molecule has 0 radical (unpaired) electrons. The van der Waals surface area contributed by atoms with E-state index in [-0.39, 0.29) is 30.7 Å². The van der Waals surface area contributed by atoms with Gasteiger partial charge in [-0.3, -0.25) is 14.6 Å². The minimum absolute atomic E-state index is 0. The van der Waals surface area contributed by atoms with Crippen LogP contribution < -0.4 is 5.73 Å². The third kappa shape index (κ3) is 4.12. The lowest BCUT2D eigenvalue weighted by atomic mass is 9.94. The molecule has 5 nitrogen and oxygen atoms in total. The zero-order valence-electron chi connectivity index (χ0n) is 9.91. The Labute approximate surface area is 113 Å². The maximum Gasteiger partial charge on any atom is 0.270 e. The first kappa shape index (κ1) is 18.5. The van der Waals surface area contributed by atoms with E-state index in [1.807, 2.05) is 0 Å². The van der Waals surface area contributed by atoms with Crippen molar-refractivity contribution < 1.29 is 9.63 Å². The summed E-state index contributed by atoms with van der Waals surface area (Å²) in [6.07, 6.45) is 3.20. The van der Waals surface area contributed by atoms with Crippen LogP contribution in [0.4, 0.5) is 0 Å². The van der Waals surface area contributed by atoms with Crippen LogP contribution in [0.15, 0.2) is 24.5 Å². The Bertz CT molecular complexity index is 347. The monoisotopic (exact) mass is 281 g/mol. The van der Waals surface area contributed by atoms with Crippen LogP contribution in [0.1, 0.15) is 12.5 Å². The van der Waals surface area contributed by atoms with E-state index in [0.29, 0.717) is 5.56 Å². The Hall–Kier alpha value is -0.880. The van der Waals surface area contributed by atoms with Crippen LogP contribution in [0.3, 0.4) is 0 Å². The molecule has 0 aliphatic carbocycles. The van der Waals surface area contributed by atoms with Gasteiger partial charge >= 0.3 is 0 Å². The van der Waals surface area contributed by atoms with Crippen LogP contribution in [0.5, 0.6) is 0 Å². The molecule has 7 heteroatoms. The van der Waals surface area contributed by atoms with Crippen molar-refractivity contribution in [1.29, 1.82) is 0 Å². The van der Waals surface area contributed by atoms with Gasteiger partial charge in [-0.25, -0.2) is 5.06 Å². The fourth-order valence-electron chi connectivity index (χ4n) is 1.20. The second-order valence-corrected chi connectivity index (χ2v) is 3.43. The number of rotatable bonds is 3. The van der Waals surface area contributed by atoms with Crippen LogP contribution in [-0.2, 0) is 15.2 Å². The molecule has 0 spiro atoms. The Kier molecular flexibility index (Phi) is 8.10. The van der Waals surface area contributed by atoms with Crippen molar-refractivity contribution in [2.24, 2.45) is 5.73 Å². The summed E-state index contributed by atoms with van der Waals surface area (Å²) in [6.45, 7) is 1.63. The van der Waals surface area contributed by atoms with E-state index in [0.717, 1.165) is 5.06 Å². The number of nitrogens with two attached hydrogens (primary N) is 1. The molecule has 1 unspecified atom stereocenters. The van der Waals surface area contributed by atoms with Crippen molar-refractivity contribution in [3.05, 3.63) is 30.1 Å². The number of aromatic nitrogens is 1. The summed E-state index contributed by atoms with van der Waals surface area (Å²) in [4.78, 5) is 20.6. The van der Waals surface area contributed by atoms with Gasteiger partial charge in [-0.05, 0) is 18.6 Å². The van der Waals surface area contributed by atoms with Crippen molar-refractivity contribution in [2.45, 2.75) is 12.5 Å². The molecule has 1 atom stereocenters. The normalized spacial score (nSPS) is 12.7. The minimum Gasteiger partial charge on any atom is -0.314 e. The number of nitrogens with zero attached hydrogens (tertiary/aromatic N) is 2. The van der Waals surface area contributed by atoms with Gasteiger partial charge in [0.15, 0.2) is 0 Å². The highest BCUT2D eigenvalue weighted by atomic mass is 35.5. The Morgan fingerprint density at radius 3 is 2.53 bits per heavy atom. The van der Waals surface area contributed by atoms with E-state index < -0.39 is 5.54 Å². The quantitative estimate of drug-likeness (QED) is 0.843. The van der Waals surface area contributed by atoms with Crippen LogP contribution in [-0.4, -0.2) is 30.1 Å². The van der Waals surface area contributed by atoms with E-state index in [9.17, 15) is 4.79 Å². The fraction of sp³-hybridized carbons (Fsp3) is 0.400. The summed E-state index contributed by atoms with van der Waals surface area (Å²) in [5.74, 6) is -0.321. The SMILES string of the molecule is CON(C)C(=O)C(C)(N)c1cccnc1.Cl.Cl. The molecule has 0 aliphatic rings. The Balaban J connectivity index is 0. The number of likely N-dealkylation sites (N-methyl/N-ethyl adjacent to an activating group) is 1. The van der Waals surface area contributed by atoms with Gasteiger partial charge in [0.05, 0.1) is 7.11 Å². The number of hydrogen-bond acceptors (Lipinski definition) is 4. The predicted molar refractivity (Wildman–Crippen MR) is 70.1 cm³/mol. The van der Waals surface area contributed by atoms with Gasteiger partial charge in [-0.1, -0.05) is 6.07 Å². The summed E-state index contributed by atoms with van der Waals surface area (Å²) in [5, 5.41) is 1.10. The zero-order valence-corrected chi connectivity index (χ0v) is 11.5. The molecule has 0 saturated heterocycles. The molecule has 1 aromatic rings. The number of hydrogen-bond donors (Lipinski definition) is 1. The number of carbonyl (C=O) groups is 1. The van der Waals surface area contributed by atoms with E-state index >= 15 is 0 Å². The fourth-order valence-corrected chi connectivity index (χ4v) is 1.20. The molecule has 1 amide bonds. The number of hydroxylamine groups is 2. The lowest BCUT2D eigenvalue weighted by Crippen LogP contribution is -2.49. The largest absolute Gasteiger partial charge is 0.314 e. The van der Waals surface area contributed by atoms with Gasteiger partial charge in [0.25, 0.3) is 5.91 Å². The summed E-state index contributed by atoms with van der Waals surface area (Å²) >= 11 is 0. The van der Waals surface area contributed by atoms with Gasteiger partial charge in [0.2, 0.25) is 0 Å². The summed E-state index contributed by atoms with van der Waals surface area (Å²) in [6, 6.07) is 3.49. The molecule has 98 valence electrons. The highest BCUT2D eigenvalue weighted by molar-refractivity contribution is 5.86. The highest BCUT2D eigenvalue weighted by Crippen LogP contribution is 2.18. The summed E-state index contributed by atoms with van der Waals surface area (Å²) in [7, 11) is 2.93. The molecule has 1 aromatic heterocycles. The molecular weight excluding hydrogens is 265 g/mol. The average Bonchev–Trinajstić information content (AvgIpc) is 2.28. The smallest absolute Gasteiger partial charge is 0.270 e. The first-order valence-corrected chi connectivity index (χ1v) is 4.51. The maximum atomic E-state index is 11.8. The van der Waals surface area contributed by atoms with Gasteiger partial charge in [-0.15, -0.1) is 24.8 Å². The molecule has 0 saturated carbocycles. The minimum atomic E-state index is -1.13. The molecule has 0 bridgehead atoms. The molecule has 0 fully saturated rings. The van der Waals surface area contributed by atoms with Gasteiger partial charge in [0, 0.05) is 19.4 Å². The highest BCUT2D eigenvalue weighted by Gasteiger charge is 2.33. The molecule has 1 heterocycles. The third-order valence-electron chi connectivity index (χ3n) is 2.27. The van der Waals surface area contributed by atoms with Gasteiger partial charge in [0.1, 0.15) is 5.54 Å². The van der Waals surface area contributed by atoms with E-state index in [1.165, 1.54) is 14.2 Å². The van der Waals surface area contributed by atoms with Gasteiger partial charge < -0.3 is 5.73 Å². The topological polar surface area (TPSA) is 68.5 Å². The van der Waals surface area contributed by atoms with Gasteiger partial charge in [-0.2, -0.15) is 0 Å². The molecule has 1 rings (SSSR count). The molecule has 0 aliphatic heterocycles. The first-order chi connectivity index (χ1) is 7.00. The molecular formula is C10H17Cl2N3O2. The standard InChI is InChI=1S/C10H15N3O2.2ClH/c1-10(11,9(14)13(2)15-3)8-5-4-6-12-7-8;;/h4-7H,11H2,1-3H3;2*1H. The molecule has 2 N–H and O–H groups in total. The predicted octanol–water partition coefficient (Wildman–Crippen LogP) is 1.12.